The Morgan fingerprint density at radius 3 is 2.43 bits per heavy atom. The molecule has 0 spiro atoms. The van der Waals surface area contributed by atoms with Gasteiger partial charge < -0.3 is 19.9 Å². The number of carbonyl (C=O) groups is 1. The zero-order chi connectivity index (χ0) is 28.7. The highest BCUT2D eigenvalue weighted by atomic mass is 35.5. The maximum absolute atomic E-state index is 14.2. The number of hydrazine groups is 1. The maximum atomic E-state index is 14.2. The smallest absolute Gasteiger partial charge is 0.179 e. The van der Waals surface area contributed by atoms with Gasteiger partial charge in [-0.3, -0.25) is 9.69 Å². The highest BCUT2D eigenvalue weighted by Gasteiger charge is 2.28. The number of nitrogens with one attached hydrogen (secondary N) is 2. The van der Waals surface area contributed by atoms with E-state index in [9.17, 15) is 4.79 Å². The number of nitrogens with zero attached hydrogens (tertiary/aromatic N) is 4. The number of rotatable bonds is 11. The molecule has 1 atom stereocenters. The van der Waals surface area contributed by atoms with Crippen molar-refractivity contribution in [3.8, 4) is 5.75 Å². The number of hydrogen-bond donors (Lipinski definition) is 2. The van der Waals surface area contributed by atoms with Gasteiger partial charge in [0.1, 0.15) is 12.4 Å². The number of benzene rings is 2. The molecule has 0 radical (unpaired) electrons. The van der Waals surface area contributed by atoms with Crippen molar-refractivity contribution in [2.24, 2.45) is 5.92 Å². The van der Waals surface area contributed by atoms with Gasteiger partial charge in [0.2, 0.25) is 0 Å². The van der Waals surface area contributed by atoms with Gasteiger partial charge in [0.15, 0.2) is 5.78 Å². The average Bonchev–Trinajstić information content (AvgIpc) is 3.35. The highest BCUT2D eigenvalue weighted by Crippen LogP contribution is 2.30. The van der Waals surface area contributed by atoms with E-state index >= 15 is 0 Å². The summed E-state index contributed by atoms with van der Waals surface area (Å²) in [6.45, 7) is 11.9. The lowest BCUT2D eigenvalue weighted by atomic mass is 9.95. The zero-order valence-corrected chi connectivity index (χ0v) is 25.5. The molecule has 226 valence electrons. The standard InChI is InChI=1S/C33H45ClN6O2/c34-27-9-11-28(12-10-27)42-25-31-33(32(41)24-37-19-21-39(22-20-37)38-17-14-35-15-18-38)29-7-1-2-8-30(29)40(31)16-4-6-26-5-3-13-36-23-26/h1-2,7-12,26,35-36H,3-6,13-25H2. The summed E-state index contributed by atoms with van der Waals surface area (Å²) in [6.07, 6.45) is 4.84. The summed E-state index contributed by atoms with van der Waals surface area (Å²) in [5.41, 5.74) is 2.93. The average molecular weight is 593 g/mol. The molecule has 3 aliphatic heterocycles. The van der Waals surface area contributed by atoms with E-state index < -0.39 is 0 Å². The first kappa shape index (κ1) is 29.6. The van der Waals surface area contributed by atoms with Crippen molar-refractivity contribution in [1.29, 1.82) is 0 Å². The van der Waals surface area contributed by atoms with Crippen LogP contribution in [0, 0.1) is 5.92 Å². The molecule has 2 aromatic carbocycles. The molecule has 3 fully saturated rings. The molecule has 1 unspecified atom stereocenters. The summed E-state index contributed by atoms with van der Waals surface area (Å²) in [6, 6.07) is 15.9. The molecule has 0 aliphatic carbocycles. The molecule has 4 heterocycles. The Balaban J connectivity index is 1.21. The van der Waals surface area contributed by atoms with Crippen LogP contribution in [-0.2, 0) is 13.2 Å². The normalized spacial score (nSPS) is 21.1. The van der Waals surface area contributed by atoms with Crippen LogP contribution in [0.25, 0.3) is 10.9 Å². The lowest BCUT2D eigenvalue weighted by Gasteiger charge is -2.42. The zero-order valence-electron chi connectivity index (χ0n) is 24.7. The first-order valence-electron chi connectivity index (χ1n) is 15.8. The number of aromatic nitrogens is 1. The molecule has 9 heteroatoms. The summed E-state index contributed by atoms with van der Waals surface area (Å²) in [4.78, 5) is 16.5. The van der Waals surface area contributed by atoms with Crippen LogP contribution in [0.4, 0.5) is 0 Å². The summed E-state index contributed by atoms with van der Waals surface area (Å²) in [5, 5.41) is 13.7. The van der Waals surface area contributed by atoms with Crippen LogP contribution in [-0.4, -0.2) is 97.3 Å². The van der Waals surface area contributed by atoms with E-state index in [2.05, 4.69) is 48.3 Å². The summed E-state index contributed by atoms with van der Waals surface area (Å²) >= 11 is 6.12. The van der Waals surface area contributed by atoms with Crippen molar-refractivity contribution >= 4 is 28.3 Å². The van der Waals surface area contributed by atoms with E-state index in [1.165, 1.54) is 19.3 Å². The van der Waals surface area contributed by atoms with Crippen molar-refractivity contribution in [2.75, 3.05) is 72.0 Å². The van der Waals surface area contributed by atoms with E-state index in [-0.39, 0.29) is 5.78 Å². The van der Waals surface area contributed by atoms with E-state index in [4.69, 9.17) is 16.3 Å². The monoisotopic (exact) mass is 592 g/mol. The Labute approximate surface area is 254 Å². The molecule has 8 nitrogen and oxygen atoms in total. The number of Topliss-reactive ketones (excluding diaryl/α,β-unsaturated/α-hetero) is 1. The van der Waals surface area contributed by atoms with Crippen molar-refractivity contribution in [3.63, 3.8) is 0 Å². The Morgan fingerprint density at radius 1 is 0.905 bits per heavy atom. The molecule has 0 amide bonds. The van der Waals surface area contributed by atoms with Gasteiger partial charge in [-0.1, -0.05) is 29.8 Å². The Bertz CT molecular complexity index is 1310. The predicted octanol–water partition coefficient (Wildman–Crippen LogP) is 4.27. The number of aryl methyl sites for hydroxylation is 1. The van der Waals surface area contributed by atoms with Gasteiger partial charge in [-0.25, -0.2) is 10.0 Å². The van der Waals surface area contributed by atoms with E-state index in [1.807, 2.05) is 30.3 Å². The number of carbonyl (C=O) groups excluding carboxylic acids is 1. The third kappa shape index (κ3) is 7.18. The van der Waals surface area contributed by atoms with Crippen LogP contribution >= 0.6 is 11.6 Å². The summed E-state index contributed by atoms with van der Waals surface area (Å²) < 4.78 is 8.66. The molecule has 0 saturated carbocycles. The fraction of sp³-hybridized carbons (Fsp3) is 0.545. The minimum atomic E-state index is 0.187. The van der Waals surface area contributed by atoms with E-state index in [0.29, 0.717) is 18.2 Å². The number of hydrogen-bond acceptors (Lipinski definition) is 7. The highest BCUT2D eigenvalue weighted by molar-refractivity contribution is 6.30. The number of halogens is 1. The number of ketones is 1. The van der Waals surface area contributed by atoms with E-state index in [1.54, 1.807) is 0 Å². The van der Waals surface area contributed by atoms with Crippen LogP contribution in [0.1, 0.15) is 41.7 Å². The third-order valence-corrected chi connectivity index (χ3v) is 9.40. The second-order valence-electron chi connectivity index (χ2n) is 11.9. The first-order valence-corrected chi connectivity index (χ1v) is 16.2. The van der Waals surface area contributed by atoms with Gasteiger partial charge in [0.25, 0.3) is 0 Å². The number of para-hydroxylation sites is 1. The van der Waals surface area contributed by atoms with Crippen molar-refractivity contribution < 1.29 is 9.53 Å². The van der Waals surface area contributed by atoms with Crippen LogP contribution in [0.3, 0.4) is 0 Å². The van der Waals surface area contributed by atoms with Gasteiger partial charge in [-0.05, 0) is 75.0 Å². The lowest BCUT2D eigenvalue weighted by molar-refractivity contribution is -0.0625. The number of piperidine rings is 1. The third-order valence-electron chi connectivity index (χ3n) is 9.15. The fourth-order valence-electron chi connectivity index (χ4n) is 6.86. The van der Waals surface area contributed by atoms with Gasteiger partial charge in [0.05, 0.1) is 17.8 Å². The van der Waals surface area contributed by atoms with Crippen LogP contribution in [0.5, 0.6) is 5.75 Å². The van der Waals surface area contributed by atoms with Crippen molar-refractivity contribution in [1.82, 2.24) is 30.1 Å². The van der Waals surface area contributed by atoms with Gasteiger partial charge in [-0.2, -0.15) is 0 Å². The van der Waals surface area contributed by atoms with Crippen LogP contribution < -0.4 is 15.4 Å². The molecular weight excluding hydrogens is 548 g/mol. The molecule has 3 aliphatic rings. The quantitative estimate of drug-likeness (QED) is 0.322. The SMILES string of the molecule is O=C(CN1CCN(N2CCNCC2)CC1)c1c(COc2ccc(Cl)cc2)n(CCCC2CCCNC2)c2ccccc12. The second kappa shape index (κ2) is 14.3. The van der Waals surface area contributed by atoms with Crippen molar-refractivity contribution in [2.45, 2.75) is 38.8 Å². The molecule has 3 aromatic rings. The Morgan fingerprint density at radius 2 is 1.67 bits per heavy atom. The van der Waals surface area contributed by atoms with Gasteiger partial charge >= 0.3 is 0 Å². The Kier molecular flexibility index (Phi) is 10.1. The molecule has 1 aromatic heterocycles. The minimum absolute atomic E-state index is 0.187. The largest absolute Gasteiger partial charge is 0.487 e. The van der Waals surface area contributed by atoms with Gasteiger partial charge in [-0.15, -0.1) is 0 Å². The molecule has 0 bridgehead atoms. The van der Waals surface area contributed by atoms with E-state index in [0.717, 1.165) is 112 Å². The molecular formula is C33H45ClN6O2. The number of piperazine rings is 2. The number of ether oxygens (including phenoxy) is 1. The molecule has 42 heavy (non-hydrogen) atoms. The predicted molar refractivity (Wildman–Crippen MR) is 169 cm³/mol. The summed E-state index contributed by atoms with van der Waals surface area (Å²) in [5.74, 6) is 1.67. The van der Waals surface area contributed by atoms with Crippen LogP contribution in [0.15, 0.2) is 48.5 Å². The Hall–Kier alpha value is -2.46. The van der Waals surface area contributed by atoms with Gasteiger partial charge in [0, 0.05) is 74.8 Å². The molecule has 3 saturated heterocycles. The summed E-state index contributed by atoms with van der Waals surface area (Å²) in [7, 11) is 0. The number of fused-ring (bicyclic) bond motifs is 1. The molecule has 6 rings (SSSR count). The lowest BCUT2D eigenvalue weighted by Crippen LogP contribution is -2.58. The maximum Gasteiger partial charge on any atom is 0.179 e. The second-order valence-corrected chi connectivity index (χ2v) is 12.4. The minimum Gasteiger partial charge on any atom is -0.487 e. The fourth-order valence-corrected chi connectivity index (χ4v) is 6.99. The topological polar surface area (TPSA) is 65.0 Å². The first-order chi connectivity index (χ1) is 20.7. The van der Waals surface area contributed by atoms with Crippen LogP contribution in [0.2, 0.25) is 5.02 Å². The van der Waals surface area contributed by atoms with Crippen molar-refractivity contribution in [3.05, 3.63) is 64.8 Å². The molecule has 2 N–H and O–H groups in total.